The molecule has 0 atom stereocenters. The van der Waals surface area contributed by atoms with E-state index in [-0.39, 0.29) is 5.91 Å². The van der Waals surface area contributed by atoms with Crippen LogP contribution in [-0.2, 0) is 11.3 Å². The number of ether oxygens (including phenoxy) is 1. The molecular formula is C21H21BrN4O2. The largest absolute Gasteiger partial charge is 0.379 e. The van der Waals surface area contributed by atoms with Crippen LogP contribution in [-0.4, -0.2) is 46.9 Å². The minimum absolute atomic E-state index is 0.174. The summed E-state index contributed by atoms with van der Waals surface area (Å²) in [5.74, 6) is -0.174. The maximum absolute atomic E-state index is 12.6. The smallest absolute Gasteiger partial charge is 0.258 e. The topological polar surface area (TPSA) is 59.4 Å². The van der Waals surface area contributed by atoms with Gasteiger partial charge in [-0.05, 0) is 42.0 Å². The zero-order valence-corrected chi connectivity index (χ0v) is 16.9. The van der Waals surface area contributed by atoms with Crippen LogP contribution in [0.1, 0.15) is 15.9 Å². The van der Waals surface area contributed by atoms with Gasteiger partial charge in [0.15, 0.2) is 0 Å². The number of hydrogen-bond donors (Lipinski definition) is 1. The fraction of sp³-hybridized carbons (Fsp3) is 0.238. The van der Waals surface area contributed by atoms with E-state index in [1.54, 1.807) is 17.1 Å². The molecule has 6 nitrogen and oxygen atoms in total. The van der Waals surface area contributed by atoms with Gasteiger partial charge in [0.1, 0.15) is 0 Å². The molecule has 3 aromatic rings. The molecule has 0 spiro atoms. The first kappa shape index (κ1) is 18.9. The lowest BCUT2D eigenvalue weighted by molar-refractivity contribution is 0.0342. The van der Waals surface area contributed by atoms with Crippen LogP contribution in [0.2, 0.25) is 0 Å². The predicted octanol–water partition coefficient (Wildman–Crippen LogP) is 3.72. The van der Waals surface area contributed by atoms with Crippen molar-refractivity contribution in [2.24, 2.45) is 0 Å². The fourth-order valence-corrected chi connectivity index (χ4v) is 3.41. The summed E-state index contributed by atoms with van der Waals surface area (Å²) in [6, 6.07) is 15.7. The van der Waals surface area contributed by atoms with Crippen molar-refractivity contribution >= 4 is 27.5 Å². The maximum Gasteiger partial charge on any atom is 0.258 e. The number of carbonyl (C=O) groups is 1. The third-order valence-corrected chi connectivity index (χ3v) is 5.16. The van der Waals surface area contributed by atoms with E-state index in [9.17, 15) is 4.79 Å². The van der Waals surface area contributed by atoms with Gasteiger partial charge >= 0.3 is 0 Å². The monoisotopic (exact) mass is 440 g/mol. The van der Waals surface area contributed by atoms with Crippen molar-refractivity contribution in [2.45, 2.75) is 6.54 Å². The highest BCUT2D eigenvalue weighted by Gasteiger charge is 2.13. The highest BCUT2D eigenvalue weighted by atomic mass is 79.9. The van der Waals surface area contributed by atoms with Crippen LogP contribution in [0.3, 0.4) is 0 Å². The molecule has 0 bridgehead atoms. The van der Waals surface area contributed by atoms with E-state index in [2.05, 4.69) is 37.3 Å². The molecule has 1 fully saturated rings. The zero-order valence-electron chi connectivity index (χ0n) is 15.3. The van der Waals surface area contributed by atoms with E-state index in [0.717, 1.165) is 48.7 Å². The first-order valence-electron chi connectivity index (χ1n) is 9.18. The summed E-state index contributed by atoms with van der Waals surface area (Å²) in [6.45, 7) is 4.28. The van der Waals surface area contributed by atoms with Crippen molar-refractivity contribution in [3.8, 4) is 5.69 Å². The predicted molar refractivity (Wildman–Crippen MR) is 112 cm³/mol. The molecule has 1 aliphatic rings. The Morgan fingerprint density at radius 2 is 1.93 bits per heavy atom. The number of benzene rings is 2. The van der Waals surface area contributed by atoms with E-state index in [1.807, 2.05) is 42.5 Å². The number of morpholine rings is 1. The van der Waals surface area contributed by atoms with Crippen LogP contribution in [0.5, 0.6) is 0 Å². The Morgan fingerprint density at radius 3 is 2.71 bits per heavy atom. The number of aromatic nitrogens is 2. The average molecular weight is 441 g/mol. The Hall–Kier alpha value is -2.48. The lowest BCUT2D eigenvalue weighted by Gasteiger charge is -2.26. The van der Waals surface area contributed by atoms with E-state index in [0.29, 0.717) is 5.56 Å². The molecule has 0 unspecified atom stereocenters. The normalized spacial score (nSPS) is 14.8. The summed E-state index contributed by atoms with van der Waals surface area (Å²) in [5.41, 5.74) is 3.37. The third kappa shape index (κ3) is 4.67. The Balaban J connectivity index is 1.42. The summed E-state index contributed by atoms with van der Waals surface area (Å²) in [7, 11) is 0. The van der Waals surface area contributed by atoms with Crippen molar-refractivity contribution in [3.63, 3.8) is 0 Å². The second-order valence-electron chi connectivity index (χ2n) is 6.69. The molecular weight excluding hydrogens is 420 g/mol. The molecule has 28 heavy (non-hydrogen) atoms. The Morgan fingerprint density at radius 1 is 1.14 bits per heavy atom. The maximum atomic E-state index is 12.6. The van der Waals surface area contributed by atoms with Crippen molar-refractivity contribution in [1.29, 1.82) is 0 Å². The van der Waals surface area contributed by atoms with Crippen LogP contribution in [0.15, 0.2) is 65.4 Å². The summed E-state index contributed by atoms with van der Waals surface area (Å²) in [4.78, 5) is 15.0. The number of nitrogens with zero attached hydrogens (tertiary/aromatic N) is 3. The zero-order chi connectivity index (χ0) is 19.3. The molecule has 0 saturated carbocycles. The quantitative estimate of drug-likeness (QED) is 0.656. The molecule has 1 saturated heterocycles. The molecule has 1 aromatic heterocycles. The van der Waals surface area contributed by atoms with Gasteiger partial charge in [0.25, 0.3) is 5.91 Å². The first-order valence-corrected chi connectivity index (χ1v) is 9.98. The number of carbonyl (C=O) groups excluding carboxylic acids is 1. The van der Waals surface area contributed by atoms with Gasteiger partial charge in [-0.3, -0.25) is 9.69 Å². The van der Waals surface area contributed by atoms with Crippen molar-refractivity contribution in [2.75, 3.05) is 31.6 Å². The Kier molecular flexibility index (Phi) is 5.85. The number of nitrogens with one attached hydrogen (secondary N) is 1. The molecule has 1 aliphatic heterocycles. The van der Waals surface area contributed by atoms with E-state index >= 15 is 0 Å². The highest BCUT2D eigenvalue weighted by Crippen LogP contribution is 2.17. The minimum Gasteiger partial charge on any atom is -0.379 e. The summed E-state index contributed by atoms with van der Waals surface area (Å²) in [5, 5.41) is 7.26. The first-order chi connectivity index (χ1) is 13.7. The standard InChI is InChI=1S/C21H21BrN4O2/c22-18-4-6-20(7-5-18)26-15-17(13-23-26)21(27)24-19-3-1-2-16(12-19)14-25-8-10-28-11-9-25/h1-7,12-13,15H,8-11,14H2,(H,24,27). The second-order valence-corrected chi connectivity index (χ2v) is 7.61. The van der Waals surface area contributed by atoms with E-state index in [4.69, 9.17) is 4.74 Å². The lowest BCUT2D eigenvalue weighted by atomic mass is 10.1. The number of rotatable bonds is 5. The molecule has 4 rings (SSSR count). The summed E-state index contributed by atoms with van der Waals surface area (Å²) < 4.78 is 8.08. The van der Waals surface area contributed by atoms with Crippen LogP contribution in [0, 0.1) is 0 Å². The fourth-order valence-electron chi connectivity index (χ4n) is 3.14. The molecule has 144 valence electrons. The SMILES string of the molecule is O=C(Nc1cccc(CN2CCOCC2)c1)c1cnn(-c2ccc(Br)cc2)c1. The third-order valence-electron chi connectivity index (χ3n) is 4.63. The molecule has 0 radical (unpaired) electrons. The van der Waals surface area contributed by atoms with Crippen molar-refractivity contribution in [1.82, 2.24) is 14.7 Å². The van der Waals surface area contributed by atoms with Gasteiger partial charge in [-0.25, -0.2) is 4.68 Å². The molecule has 1 N–H and O–H groups in total. The van der Waals surface area contributed by atoms with Gasteiger partial charge in [-0.1, -0.05) is 28.1 Å². The van der Waals surface area contributed by atoms with E-state index in [1.165, 1.54) is 5.56 Å². The van der Waals surface area contributed by atoms with Crippen LogP contribution >= 0.6 is 15.9 Å². The summed E-state index contributed by atoms with van der Waals surface area (Å²) >= 11 is 3.42. The number of hydrogen-bond acceptors (Lipinski definition) is 4. The minimum atomic E-state index is -0.174. The van der Waals surface area contributed by atoms with Crippen molar-refractivity contribution in [3.05, 3.63) is 76.5 Å². The lowest BCUT2D eigenvalue weighted by Crippen LogP contribution is -2.35. The van der Waals surface area contributed by atoms with Crippen molar-refractivity contribution < 1.29 is 9.53 Å². The van der Waals surface area contributed by atoms with E-state index < -0.39 is 0 Å². The van der Waals surface area contributed by atoms with Crippen LogP contribution in [0.4, 0.5) is 5.69 Å². The average Bonchev–Trinajstić information content (AvgIpc) is 3.20. The second kappa shape index (κ2) is 8.68. The van der Waals surface area contributed by atoms with Gasteiger partial charge in [0, 0.05) is 36.0 Å². The molecule has 1 amide bonds. The van der Waals surface area contributed by atoms with Crippen LogP contribution in [0.25, 0.3) is 5.69 Å². The molecule has 2 heterocycles. The van der Waals surface area contributed by atoms with Gasteiger partial charge in [0.05, 0.1) is 30.7 Å². The number of halogens is 1. The Labute approximate surface area is 172 Å². The Bertz CT molecular complexity index is 949. The van der Waals surface area contributed by atoms with Gasteiger partial charge in [0.2, 0.25) is 0 Å². The highest BCUT2D eigenvalue weighted by molar-refractivity contribution is 9.10. The van der Waals surface area contributed by atoms with Gasteiger partial charge < -0.3 is 10.1 Å². The molecule has 7 heteroatoms. The molecule has 2 aromatic carbocycles. The van der Waals surface area contributed by atoms with Gasteiger partial charge in [-0.15, -0.1) is 0 Å². The summed E-state index contributed by atoms with van der Waals surface area (Å²) in [6.07, 6.45) is 3.31. The number of amides is 1. The van der Waals surface area contributed by atoms with Gasteiger partial charge in [-0.2, -0.15) is 5.10 Å². The molecule has 0 aliphatic carbocycles. The van der Waals surface area contributed by atoms with Crippen LogP contribution < -0.4 is 5.32 Å². The number of anilines is 1.